The molecule has 1 heteroatoms. The molecular formula is C13H17Br. The second-order valence-electron chi connectivity index (χ2n) is 5.37. The van der Waals surface area contributed by atoms with Gasteiger partial charge in [0.05, 0.1) is 0 Å². The average molecular weight is 253 g/mol. The summed E-state index contributed by atoms with van der Waals surface area (Å²) in [6.07, 6.45) is 1.37. The maximum Gasteiger partial charge on any atom is 0.0175 e. The molecule has 0 amide bonds. The number of hydrogen-bond acceptors (Lipinski definition) is 0. The highest BCUT2D eigenvalue weighted by molar-refractivity contribution is 9.10. The molecule has 0 aliphatic heterocycles. The predicted molar refractivity (Wildman–Crippen MR) is 64.4 cm³/mol. The van der Waals surface area contributed by atoms with Crippen LogP contribution in [0.5, 0.6) is 0 Å². The van der Waals surface area contributed by atoms with Gasteiger partial charge >= 0.3 is 0 Å². The Bertz CT molecular complexity index is 318. The van der Waals surface area contributed by atoms with Crippen LogP contribution in [0, 0.1) is 11.3 Å². The topological polar surface area (TPSA) is 0 Å². The molecule has 2 rings (SSSR count). The third kappa shape index (κ3) is 2.03. The molecule has 0 saturated heterocycles. The van der Waals surface area contributed by atoms with Crippen LogP contribution in [-0.2, 0) is 0 Å². The van der Waals surface area contributed by atoms with Crippen LogP contribution < -0.4 is 0 Å². The molecule has 14 heavy (non-hydrogen) atoms. The predicted octanol–water partition coefficient (Wildman–Crippen LogP) is 4.60. The van der Waals surface area contributed by atoms with Crippen molar-refractivity contribution in [2.45, 2.75) is 33.1 Å². The molecule has 0 heterocycles. The van der Waals surface area contributed by atoms with E-state index in [0.717, 1.165) is 11.8 Å². The van der Waals surface area contributed by atoms with Crippen molar-refractivity contribution < 1.29 is 0 Å². The van der Waals surface area contributed by atoms with E-state index in [1.54, 1.807) is 0 Å². The van der Waals surface area contributed by atoms with Crippen molar-refractivity contribution in [2.75, 3.05) is 0 Å². The molecule has 0 radical (unpaired) electrons. The molecule has 0 spiro atoms. The van der Waals surface area contributed by atoms with E-state index in [0.29, 0.717) is 5.41 Å². The van der Waals surface area contributed by atoms with Gasteiger partial charge in [0.15, 0.2) is 0 Å². The molecule has 1 fully saturated rings. The fraction of sp³-hybridized carbons (Fsp3) is 0.538. The average Bonchev–Trinajstić information content (AvgIpc) is 2.83. The van der Waals surface area contributed by atoms with Crippen LogP contribution in [0.25, 0.3) is 0 Å². The first-order valence-corrected chi connectivity index (χ1v) is 6.03. The van der Waals surface area contributed by atoms with E-state index in [2.05, 4.69) is 61.0 Å². The standard InChI is InChI=1S/C13H17Br/c1-13(2,3)12-8-11(12)9-4-6-10(14)7-5-9/h4-7,11-12H,8H2,1-3H3/t11-,12+/m0/s1. The van der Waals surface area contributed by atoms with Crippen molar-refractivity contribution in [3.05, 3.63) is 34.3 Å². The van der Waals surface area contributed by atoms with Gasteiger partial charge in [-0.15, -0.1) is 0 Å². The van der Waals surface area contributed by atoms with Gasteiger partial charge < -0.3 is 0 Å². The minimum absolute atomic E-state index is 0.470. The largest absolute Gasteiger partial charge is 0.0599 e. The summed E-state index contributed by atoms with van der Waals surface area (Å²) in [6.45, 7) is 7.03. The Morgan fingerprint density at radius 1 is 1.14 bits per heavy atom. The number of hydrogen-bond donors (Lipinski definition) is 0. The Balaban J connectivity index is 2.10. The number of rotatable bonds is 1. The Morgan fingerprint density at radius 2 is 1.71 bits per heavy atom. The molecule has 0 unspecified atom stereocenters. The summed E-state index contributed by atoms with van der Waals surface area (Å²) in [7, 11) is 0. The first kappa shape index (κ1) is 10.2. The molecule has 1 aromatic carbocycles. The molecule has 0 bridgehead atoms. The van der Waals surface area contributed by atoms with Crippen molar-refractivity contribution in [1.29, 1.82) is 0 Å². The van der Waals surface area contributed by atoms with Crippen LogP contribution >= 0.6 is 15.9 Å². The van der Waals surface area contributed by atoms with Crippen LogP contribution in [0.1, 0.15) is 38.7 Å². The van der Waals surface area contributed by atoms with Gasteiger partial charge in [-0.2, -0.15) is 0 Å². The van der Waals surface area contributed by atoms with Gasteiger partial charge in [-0.05, 0) is 41.4 Å². The van der Waals surface area contributed by atoms with E-state index < -0.39 is 0 Å². The molecule has 1 aliphatic rings. The molecule has 1 saturated carbocycles. The highest BCUT2D eigenvalue weighted by Crippen LogP contribution is 2.56. The lowest BCUT2D eigenvalue weighted by molar-refractivity contribution is 0.343. The Morgan fingerprint density at radius 3 is 2.14 bits per heavy atom. The van der Waals surface area contributed by atoms with Gasteiger partial charge in [-0.3, -0.25) is 0 Å². The quantitative estimate of drug-likeness (QED) is 0.686. The van der Waals surface area contributed by atoms with Gasteiger partial charge in [0.2, 0.25) is 0 Å². The monoisotopic (exact) mass is 252 g/mol. The zero-order valence-electron chi connectivity index (χ0n) is 9.05. The first-order chi connectivity index (χ1) is 6.48. The smallest absolute Gasteiger partial charge is 0.0175 e. The van der Waals surface area contributed by atoms with Crippen LogP contribution in [0.15, 0.2) is 28.7 Å². The van der Waals surface area contributed by atoms with Crippen molar-refractivity contribution in [3.63, 3.8) is 0 Å². The van der Waals surface area contributed by atoms with Crippen molar-refractivity contribution in [2.24, 2.45) is 11.3 Å². The summed E-state index contributed by atoms with van der Waals surface area (Å²) in [5.74, 6) is 1.69. The maximum absolute atomic E-state index is 3.47. The zero-order valence-corrected chi connectivity index (χ0v) is 10.6. The van der Waals surface area contributed by atoms with E-state index in [-0.39, 0.29) is 0 Å². The highest BCUT2D eigenvalue weighted by Gasteiger charge is 2.45. The minimum Gasteiger partial charge on any atom is -0.0599 e. The van der Waals surface area contributed by atoms with E-state index >= 15 is 0 Å². The third-order valence-electron chi connectivity index (χ3n) is 3.20. The van der Waals surface area contributed by atoms with E-state index in [1.807, 2.05) is 0 Å². The highest BCUT2D eigenvalue weighted by atomic mass is 79.9. The minimum atomic E-state index is 0.470. The van der Waals surface area contributed by atoms with Crippen LogP contribution in [0.3, 0.4) is 0 Å². The fourth-order valence-corrected chi connectivity index (χ4v) is 2.49. The first-order valence-electron chi connectivity index (χ1n) is 5.24. The Labute approximate surface area is 94.8 Å². The zero-order chi connectivity index (χ0) is 10.3. The lowest BCUT2D eigenvalue weighted by atomic mass is 9.88. The van der Waals surface area contributed by atoms with Crippen LogP contribution in [0.2, 0.25) is 0 Å². The normalized spacial score (nSPS) is 26.3. The van der Waals surface area contributed by atoms with E-state index in [1.165, 1.54) is 16.5 Å². The molecule has 1 aromatic rings. The SMILES string of the molecule is CC(C)(C)[C@@H]1C[C@H]1c1ccc(Br)cc1. The van der Waals surface area contributed by atoms with Gasteiger partial charge in [0, 0.05) is 4.47 Å². The molecule has 2 atom stereocenters. The Hall–Kier alpha value is -0.300. The summed E-state index contributed by atoms with van der Waals surface area (Å²) in [6, 6.07) is 8.79. The van der Waals surface area contributed by atoms with Crippen molar-refractivity contribution in [3.8, 4) is 0 Å². The molecule has 0 N–H and O–H groups in total. The van der Waals surface area contributed by atoms with Crippen molar-refractivity contribution >= 4 is 15.9 Å². The summed E-state index contributed by atoms with van der Waals surface area (Å²) >= 11 is 3.47. The van der Waals surface area contributed by atoms with Gasteiger partial charge in [0.25, 0.3) is 0 Å². The maximum atomic E-state index is 3.47. The molecular weight excluding hydrogens is 236 g/mol. The Kier molecular flexibility index (Phi) is 2.46. The lowest BCUT2D eigenvalue weighted by Gasteiger charge is -2.18. The van der Waals surface area contributed by atoms with Crippen LogP contribution in [0.4, 0.5) is 0 Å². The van der Waals surface area contributed by atoms with Crippen molar-refractivity contribution in [1.82, 2.24) is 0 Å². The molecule has 0 aromatic heterocycles. The van der Waals surface area contributed by atoms with E-state index in [9.17, 15) is 0 Å². The summed E-state index contributed by atoms with van der Waals surface area (Å²) < 4.78 is 1.18. The van der Waals surface area contributed by atoms with E-state index in [4.69, 9.17) is 0 Å². The summed E-state index contributed by atoms with van der Waals surface area (Å²) in [5, 5.41) is 0. The molecule has 76 valence electrons. The lowest BCUT2D eigenvalue weighted by Crippen LogP contribution is -2.08. The van der Waals surface area contributed by atoms with Gasteiger partial charge in [-0.1, -0.05) is 48.8 Å². The fourth-order valence-electron chi connectivity index (χ4n) is 2.23. The molecule has 1 aliphatic carbocycles. The van der Waals surface area contributed by atoms with Gasteiger partial charge in [0.1, 0.15) is 0 Å². The summed E-state index contributed by atoms with van der Waals surface area (Å²) in [4.78, 5) is 0. The second-order valence-corrected chi connectivity index (χ2v) is 6.28. The number of benzene rings is 1. The summed E-state index contributed by atoms with van der Waals surface area (Å²) in [5.41, 5.74) is 1.98. The van der Waals surface area contributed by atoms with Crippen LogP contribution in [-0.4, -0.2) is 0 Å². The molecule has 0 nitrogen and oxygen atoms in total. The van der Waals surface area contributed by atoms with Gasteiger partial charge in [-0.25, -0.2) is 0 Å². The number of halogens is 1. The third-order valence-corrected chi connectivity index (χ3v) is 3.73. The second kappa shape index (κ2) is 3.37.